The van der Waals surface area contributed by atoms with Crippen molar-refractivity contribution in [1.29, 1.82) is 0 Å². The van der Waals surface area contributed by atoms with Gasteiger partial charge in [-0.05, 0) is 38.0 Å². The van der Waals surface area contributed by atoms with Gasteiger partial charge in [-0.2, -0.15) is 0 Å². The molecule has 1 atom stereocenters. The van der Waals surface area contributed by atoms with Crippen molar-refractivity contribution in [3.05, 3.63) is 29.8 Å². The molecule has 0 fully saturated rings. The molecular formula is C15H23NO4. The molecular weight excluding hydrogens is 258 g/mol. The van der Waals surface area contributed by atoms with Crippen LogP contribution in [0.1, 0.15) is 19.4 Å². The van der Waals surface area contributed by atoms with E-state index in [0.29, 0.717) is 19.0 Å². The van der Waals surface area contributed by atoms with Crippen LogP contribution >= 0.6 is 0 Å². The lowest BCUT2D eigenvalue weighted by atomic mass is 10.1. The molecule has 0 spiro atoms. The van der Waals surface area contributed by atoms with E-state index in [4.69, 9.17) is 19.9 Å². The van der Waals surface area contributed by atoms with Crippen molar-refractivity contribution in [2.75, 3.05) is 26.9 Å². The van der Waals surface area contributed by atoms with Crippen LogP contribution in [0.25, 0.3) is 0 Å². The van der Waals surface area contributed by atoms with Gasteiger partial charge in [-0.15, -0.1) is 0 Å². The molecule has 0 saturated carbocycles. The molecule has 0 amide bonds. The molecule has 1 rings (SSSR count). The van der Waals surface area contributed by atoms with Crippen molar-refractivity contribution in [1.82, 2.24) is 0 Å². The summed E-state index contributed by atoms with van der Waals surface area (Å²) >= 11 is 0. The van der Waals surface area contributed by atoms with Crippen molar-refractivity contribution in [2.24, 2.45) is 5.73 Å². The van der Waals surface area contributed by atoms with E-state index >= 15 is 0 Å². The Labute approximate surface area is 120 Å². The zero-order valence-electron chi connectivity index (χ0n) is 12.3. The lowest BCUT2D eigenvalue weighted by Crippen LogP contribution is -2.51. The number of esters is 1. The molecule has 0 aliphatic heterocycles. The Kier molecular flexibility index (Phi) is 6.48. The molecule has 1 aromatic carbocycles. The second-order valence-corrected chi connectivity index (χ2v) is 4.81. The Morgan fingerprint density at radius 2 is 1.95 bits per heavy atom. The predicted octanol–water partition coefficient (Wildman–Crippen LogP) is 1.53. The summed E-state index contributed by atoms with van der Waals surface area (Å²) in [7, 11) is 1.68. The monoisotopic (exact) mass is 281 g/mol. The van der Waals surface area contributed by atoms with Crippen LogP contribution in [0.3, 0.4) is 0 Å². The molecule has 0 aliphatic carbocycles. The number of benzene rings is 1. The maximum absolute atomic E-state index is 11.6. The lowest BCUT2D eigenvalue weighted by Gasteiger charge is -2.22. The highest BCUT2D eigenvalue weighted by molar-refractivity contribution is 5.80. The summed E-state index contributed by atoms with van der Waals surface area (Å²) in [6.07, 6.45) is 0.855. The minimum atomic E-state index is -1.15. The van der Waals surface area contributed by atoms with Crippen molar-refractivity contribution < 1.29 is 19.0 Å². The molecule has 1 unspecified atom stereocenters. The number of hydrogen-bond acceptors (Lipinski definition) is 5. The van der Waals surface area contributed by atoms with Crippen LogP contribution in [0.5, 0.6) is 5.75 Å². The van der Waals surface area contributed by atoms with E-state index in [0.717, 1.165) is 6.42 Å². The second kappa shape index (κ2) is 7.87. The highest BCUT2D eigenvalue weighted by Crippen LogP contribution is 2.14. The van der Waals surface area contributed by atoms with Gasteiger partial charge in [-0.1, -0.05) is 12.1 Å². The standard InChI is InChI=1S/C15H23NO4/c1-4-19-14(17)15(2,16)11-20-13-7-5-12(6-8-13)9-10-18-3/h5-8H,4,9-11,16H2,1-3H3. The highest BCUT2D eigenvalue weighted by Gasteiger charge is 2.31. The van der Waals surface area contributed by atoms with Crippen molar-refractivity contribution in [3.8, 4) is 5.75 Å². The van der Waals surface area contributed by atoms with E-state index in [-0.39, 0.29) is 6.61 Å². The number of hydrogen-bond donors (Lipinski definition) is 1. The Bertz CT molecular complexity index is 414. The molecule has 0 heterocycles. The summed E-state index contributed by atoms with van der Waals surface area (Å²) in [5.74, 6) is 0.212. The molecule has 0 aromatic heterocycles. The number of nitrogens with two attached hydrogens (primary N) is 1. The first-order chi connectivity index (χ1) is 9.49. The molecule has 0 aliphatic rings. The van der Waals surface area contributed by atoms with E-state index in [1.807, 2.05) is 24.3 Å². The van der Waals surface area contributed by atoms with E-state index in [9.17, 15) is 4.79 Å². The average molecular weight is 281 g/mol. The van der Waals surface area contributed by atoms with Crippen LogP contribution < -0.4 is 10.5 Å². The van der Waals surface area contributed by atoms with Crippen LogP contribution in [-0.4, -0.2) is 38.4 Å². The van der Waals surface area contributed by atoms with Gasteiger partial charge in [0.25, 0.3) is 0 Å². The molecule has 0 bridgehead atoms. The van der Waals surface area contributed by atoms with Crippen LogP contribution in [0.15, 0.2) is 24.3 Å². The van der Waals surface area contributed by atoms with Crippen molar-refractivity contribution >= 4 is 5.97 Å². The maximum Gasteiger partial charge on any atom is 0.329 e. The highest BCUT2D eigenvalue weighted by atomic mass is 16.5. The number of methoxy groups -OCH3 is 1. The summed E-state index contributed by atoms with van der Waals surface area (Å²) in [6, 6.07) is 7.64. The van der Waals surface area contributed by atoms with Gasteiger partial charge in [0.05, 0.1) is 13.2 Å². The summed E-state index contributed by atoms with van der Waals surface area (Å²) < 4.78 is 15.5. The quantitative estimate of drug-likeness (QED) is 0.732. The number of carbonyl (C=O) groups is 1. The summed E-state index contributed by atoms with van der Waals surface area (Å²) in [4.78, 5) is 11.6. The molecule has 0 radical (unpaired) electrons. The minimum absolute atomic E-state index is 0.0727. The first-order valence-electron chi connectivity index (χ1n) is 6.66. The summed E-state index contributed by atoms with van der Waals surface area (Å²) in [5.41, 5.74) is 5.89. The molecule has 20 heavy (non-hydrogen) atoms. The fraction of sp³-hybridized carbons (Fsp3) is 0.533. The fourth-order valence-electron chi connectivity index (χ4n) is 1.56. The third kappa shape index (κ3) is 5.19. The molecule has 0 saturated heterocycles. The number of ether oxygens (including phenoxy) is 3. The van der Waals surface area contributed by atoms with Crippen LogP contribution in [0.2, 0.25) is 0 Å². The fourth-order valence-corrected chi connectivity index (χ4v) is 1.56. The van der Waals surface area contributed by atoms with E-state index < -0.39 is 11.5 Å². The van der Waals surface area contributed by atoms with Crippen LogP contribution in [0.4, 0.5) is 0 Å². The topological polar surface area (TPSA) is 70.8 Å². The third-order valence-corrected chi connectivity index (χ3v) is 2.80. The average Bonchev–Trinajstić information content (AvgIpc) is 2.44. The molecule has 5 nitrogen and oxygen atoms in total. The summed E-state index contributed by atoms with van der Waals surface area (Å²) in [6.45, 7) is 4.40. The Morgan fingerprint density at radius 3 is 2.50 bits per heavy atom. The normalized spacial score (nSPS) is 13.6. The molecule has 112 valence electrons. The van der Waals surface area contributed by atoms with Crippen molar-refractivity contribution in [2.45, 2.75) is 25.8 Å². The van der Waals surface area contributed by atoms with Gasteiger partial charge in [0.2, 0.25) is 0 Å². The Morgan fingerprint density at radius 1 is 1.30 bits per heavy atom. The van der Waals surface area contributed by atoms with E-state index in [2.05, 4.69) is 0 Å². The zero-order chi connectivity index (χ0) is 15.0. The predicted molar refractivity (Wildman–Crippen MR) is 76.7 cm³/mol. The van der Waals surface area contributed by atoms with Crippen molar-refractivity contribution in [3.63, 3.8) is 0 Å². The summed E-state index contributed by atoms with van der Waals surface area (Å²) in [5, 5.41) is 0. The minimum Gasteiger partial charge on any atom is -0.491 e. The van der Waals surface area contributed by atoms with Gasteiger partial charge in [-0.3, -0.25) is 0 Å². The van der Waals surface area contributed by atoms with Gasteiger partial charge in [0, 0.05) is 7.11 Å². The van der Waals surface area contributed by atoms with Crippen LogP contribution in [0, 0.1) is 0 Å². The first kappa shape index (κ1) is 16.5. The SMILES string of the molecule is CCOC(=O)C(C)(N)COc1ccc(CCOC)cc1. The maximum atomic E-state index is 11.6. The Balaban J connectivity index is 2.50. The zero-order valence-corrected chi connectivity index (χ0v) is 12.3. The third-order valence-electron chi connectivity index (χ3n) is 2.80. The van der Waals surface area contributed by atoms with E-state index in [1.165, 1.54) is 5.56 Å². The van der Waals surface area contributed by atoms with E-state index in [1.54, 1.807) is 21.0 Å². The number of carbonyl (C=O) groups excluding carboxylic acids is 1. The van der Waals surface area contributed by atoms with Gasteiger partial charge in [-0.25, -0.2) is 4.79 Å². The molecule has 5 heteroatoms. The molecule has 2 N–H and O–H groups in total. The van der Waals surface area contributed by atoms with Gasteiger partial charge < -0.3 is 19.9 Å². The Hall–Kier alpha value is -1.59. The van der Waals surface area contributed by atoms with Gasteiger partial charge >= 0.3 is 5.97 Å². The van der Waals surface area contributed by atoms with Crippen LogP contribution in [-0.2, 0) is 20.7 Å². The van der Waals surface area contributed by atoms with Gasteiger partial charge in [0.15, 0.2) is 0 Å². The number of rotatable bonds is 8. The lowest BCUT2D eigenvalue weighted by molar-refractivity contribution is -0.150. The molecule has 1 aromatic rings. The first-order valence-corrected chi connectivity index (χ1v) is 6.66. The van der Waals surface area contributed by atoms with Gasteiger partial charge in [0.1, 0.15) is 17.9 Å². The smallest absolute Gasteiger partial charge is 0.329 e. The second-order valence-electron chi connectivity index (χ2n) is 4.81. The largest absolute Gasteiger partial charge is 0.491 e.